The summed E-state index contributed by atoms with van der Waals surface area (Å²) in [6.07, 6.45) is 2.51. The molecule has 0 fully saturated rings. The van der Waals surface area contributed by atoms with Crippen molar-refractivity contribution in [2.75, 3.05) is 13.1 Å². The van der Waals surface area contributed by atoms with Gasteiger partial charge in [0.15, 0.2) is 0 Å². The molecule has 0 heterocycles. The fraction of sp³-hybridized carbons (Fsp3) is 0.533. The molecule has 2 N–H and O–H groups in total. The molecule has 0 aliphatic rings. The molecule has 0 amide bonds. The number of nitrogens with zero attached hydrogens (tertiary/aromatic N) is 1. The van der Waals surface area contributed by atoms with Gasteiger partial charge in [0.05, 0.1) is 0 Å². The molecule has 2 nitrogen and oxygen atoms in total. The maximum Gasteiger partial charge on any atom is 0.103 e. The molecule has 1 aromatic rings. The second-order valence-corrected chi connectivity index (χ2v) is 5.17. The van der Waals surface area contributed by atoms with Crippen molar-refractivity contribution < 1.29 is 0 Å². The summed E-state index contributed by atoms with van der Waals surface area (Å²) < 4.78 is 0. The molecule has 0 unspecified atom stereocenters. The molecular weight excluding hydrogens is 240 g/mol. The number of hydrogen-bond acceptors (Lipinski definition) is 2. The van der Waals surface area contributed by atoms with E-state index in [1.165, 1.54) is 30.5 Å². The summed E-state index contributed by atoms with van der Waals surface area (Å²) in [5, 5.41) is 0. The molecule has 0 saturated heterocycles. The zero-order valence-corrected chi connectivity index (χ0v) is 12.5. The van der Waals surface area contributed by atoms with Crippen LogP contribution in [0.5, 0.6) is 0 Å². The molecule has 18 heavy (non-hydrogen) atoms. The van der Waals surface area contributed by atoms with E-state index in [0.717, 1.165) is 18.7 Å². The fourth-order valence-electron chi connectivity index (χ4n) is 2.00. The Morgan fingerprint density at radius 2 is 2.06 bits per heavy atom. The lowest BCUT2D eigenvalue weighted by Gasteiger charge is -2.21. The molecule has 0 aromatic heterocycles. The highest BCUT2D eigenvalue weighted by molar-refractivity contribution is 7.80. The van der Waals surface area contributed by atoms with Gasteiger partial charge in [0.1, 0.15) is 4.99 Å². The Labute approximate surface area is 116 Å². The minimum absolute atomic E-state index is 0.475. The van der Waals surface area contributed by atoms with E-state index in [-0.39, 0.29) is 0 Å². The van der Waals surface area contributed by atoms with Crippen LogP contribution in [0.4, 0.5) is 0 Å². The quantitative estimate of drug-likeness (QED) is 0.767. The van der Waals surface area contributed by atoms with Gasteiger partial charge in [-0.2, -0.15) is 0 Å². The molecule has 3 heteroatoms. The predicted octanol–water partition coefficient (Wildman–Crippen LogP) is 3.25. The van der Waals surface area contributed by atoms with E-state index in [0.29, 0.717) is 4.99 Å². The Hall–Kier alpha value is -0.930. The van der Waals surface area contributed by atoms with Gasteiger partial charge in [-0.1, -0.05) is 44.6 Å². The summed E-state index contributed by atoms with van der Waals surface area (Å²) in [4.78, 5) is 2.95. The number of rotatable bonds is 7. The van der Waals surface area contributed by atoms with Crippen molar-refractivity contribution in [1.29, 1.82) is 0 Å². The maximum absolute atomic E-state index is 5.65. The molecule has 1 aromatic carbocycles. The van der Waals surface area contributed by atoms with E-state index in [2.05, 4.69) is 37.8 Å². The van der Waals surface area contributed by atoms with Crippen molar-refractivity contribution in [3.8, 4) is 0 Å². The lowest BCUT2D eigenvalue weighted by atomic mass is 10.0. The number of benzene rings is 1. The second-order valence-electron chi connectivity index (χ2n) is 4.73. The predicted molar refractivity (Wildman–Crippen MR) is 82.9 cm³/mol. The lowest BCUT2D eigenvalue weighted by Crippen LogP contribution is -2.24. The van der Waals surface area contributed by atoms with Crippen molar-refractivity contribution in [2.24, 2.45) is 5.73 Å². The Morgan fingerprint density at radius 1 is 1.33 bits per heavy atom. The highest BCUT2D eigenvalue weighted by Gasteiger charge is 2.07. The van der Waals surface area contributed by atoms with Crippen LogP contribution < -0.4 is 5.73 Å². The summed E-state index contributed by atoms with van der Waals surface area (Å²) in [5.74, 6) is 0. The molecule has 0 aliphatic heterocycles. The first-order valence-electron chi connectivity index (χ1n) is 6.70. The summed E-state index contributed by atoms with van der Waals surface area (Å²) in [6.45, 7) is 9.86. The Morgan fingerprint density at radius 3 is 2.56 bits per heavy atom. The molecule has 0 aliphatic carbocycles. The van der Waals surface area contributed by atoms with Gasteiger partial charge in [0.2, 0.25) is 0 Å². The normalized spacial score (nSPS) is 10.9. The van der Waals surface area contributed by atoms with Crippen molar-refractivity contribution in [1.82, 2.24) is 4.90 Å². The van der Waals surface area contributed by atoms with Crippen molar-refractivity contribution in [3.05, 3.63) is 34.9 Å². The minimum atomic E-state index is 0.475. The molecule has 0 bridgehead atoms. The maximum atomic E-state index is 5.65. The summed E-state index contributed by atoms with van der Waals surface area (Å²) in [5.41, 5.74) is 9.25. The topological polar surface area (TPSA) is 29.3 Å². The first kappa shape index (κ1) is 15.1. The van der Waals surface area contributed by atoms with Gasteiger partial charge in [-0.3, -0.25) is 4.90 Å². The number of thiocarbonyl (C=S) groups is 1. The van der Waals surface area contributed by atoms with Crippen LogP contribution in [0.3, 0.4) is 0 Å². The smallest absolute Gasteiger partial charge is 0.103 e. The zero-order valence-electron chi connectivity index (χ0n) is 11.7. The SMILES string of the molecule is CCCCN(CC)Cc1ccc(C(N)=S)cc1C. The van der Waals surface area contributed by atoms with Crippen LogP contribution in [0, 0.1) is 6.92 Å². The van der Waals surface area contributed by atoms with Gasteiger partial charge in [0, 0.05) is 12.1 Å². The first-order chi connectivity index (χ1) is 8.58. The van der Waals surface area contributed by atoms with Gasteiger partial charge in [-0.25, -0.2) is 0 Å². The zero-order chi connectivity index (χ0) is 13.5. The van der Waals surface area contributed by atoms with E-state index in [4.69, 9.17) is 18.0 Å². The summed E-state index contributed by atoms with van der Waals surface area (Å²) in [7, 11) is 0. The van der Waals surface area contributed by atoms with Crippen molar-refractivity contribution >= 4 is 17.2 Å². The van der Waals surface area contributed by atoms with E-state index in [1.807, 2.05) is 6.07 Å². The fourth-order valence-corrected chi connectivity index (χ4v) is 2.13. The van der Waals surface area contributed by atoms with Gasteiger partial charge in [-0.05, 0) is 43.6 Å². The molecule has 0 saturated carbocycles. The van der Waals surface area contributed by atoms with Crippen LogP contribution in [0.1, 0.15) is 43.4 Å². The molecule has 0 spiro atoms. The average Bonchev–Trinajstić information content (AvgIpc) is 2.35. The minimum Gasteiger partial charge on any atom is -0.389 e. The summed E-state index contributed by atoms with van der Waals surface area (Å²) >= 11 is 5.00. The highest BCUT2D eigenvalue weighted by atomic mass is 32.1. The third-order valence-electron chi connectivity index (χ3n) is 3.30. The van der Waals surface area contributed by atoms with Crippen LogP contribution in [-0.2, 0) is 6.54 Å². The van der Waals surface area contributed by atoms with E-state index >= 15 is 0 Å². The van der Waals surface area contributed by atoms with Crippen LogP contribution in [0.2, 0.25) is 0 Å². The number of unbranched alkanes of at least 4 members (excludes halogenated alkanes) is 1. The molecule has 0 atom stereocenters. The first-order valence-corrected chi connectivity index (χ1v) is 7.11. The standard InChI is InChI=1S/C15H24N2S/c1-4-6-9-17(5-2)11-14-8-7-13(15(16)18)10-12(14)3/h7-8,10H,4-6,9,11H2,1-3H3,(H2,16,18). The molecule has 1 rings (SSSR count). The number of aryl methyl sites for hydroxylation is 1. The largest absolute Gasteiger partial charge is 0.389 e. The van der Waals surface area contributed by atoms with E-state index in [9.17, 15) is 0 Å². The Kier molecular flexibility index (Phi) is 6.30. The summed E-state index contributed by atoms with van der Waals surface area (Å²) in [6, 6.07) is 6.27. The Balaban J connectivity index is 2.74. The lowest BCUT2D eigenvalue weighted by molar-refractivity contribution is 0.275. The van der Waals surface area contributed by atoms with E-state index < -0.39 is 0 Å². The van der Waals surface area contributed by atoms with Gasteiger partial charge < -0.3 is 5.73 Å². The average molecular weight is 264 g/mol. The van der Waals surface area contributed by atoms with Crippen molar-refractivity contribution in [2.45, 2.75) is 40.2 Å². The van der Waals surface area contributed by atoms with Gasteiger partial charge in [-0.15, -0.1) is 0 Å². The number of nitrogens with two attached hydrogens (primary N) is 1. The van der Waals surface area contributed by atoms with Gasteiger partial charge in [0.25, 0.3) is 0 Å². The van der Waals surface area contributed by atoms with Crippen LogP contribution >= 0.6 is 12.2 Å². The van der Waals surface area contributed by atoms with Crippen molar-refractivity contribution in [3.63, 3.8) is 0 Å². The number of hydrogen-bond donors (Lipinski definition) is 1. The van der Waals surface area contributed by atoms with Crippen LogP contribution in [0.15, 0.2) is 18.2 Å². The van der Waals surface area contributed by atoms with Gasteiger partial charge >= 0.3 is 0 Å². The molecule has 0 radical (unpaired) electrons. The molecular formula is C15H24N2S. The van der Waals surface area contributed by atoms with E-state index in [1.54, 1.807) is 0 Å². The van der Waals surface area contributed by atoms with Crippen LogP contribution in [-0.4, -0.2) is 23.0 Å². The molecule has 100 valence electrons. The Bertz CT molecular complexity index is 401. The highest BCUT2D eigenvalue weighted by Crippen LogP contribution is 2.14. The third-order valence-corrected chi connectivity index (χ3v) is 3.53. The third kappa shape index (κ3) is 4.39. The second kappa shape index (κ2) is 7.49. The monoisotopic (exact) mass is 264 g/mol. The van der Waals surface area contributed by atoms with Crippen LogP contribution in [0.25, 0.3) is 0 Å².